The van der Waals surface area contributed by atoms with Gasteiger partial charge in [0.15, 0.2) is 5.96 Å². The van der Waals surface area contributed by atoms with Crippen LogP contribution in [0.4, 0.5) is 0 Å². The highest BCUT2D eigenvalue weighted by molar-refractivity contribution is 5.79. The minimum Gasteiger partial charge on any atom is -0.373 e. The summed E-state index contributed by atoms with van der Waals surface area (Å²) in [6, 6.07) is 11.0. The van der Waals surface area contributed by atoms with E-state index in [2.05, 4.69) is 71.9 Å². The molecule has 1 aliphatic heterocycles. The molecule has 1 saturated heterocycles. The molecule has 2 unspecified atom stereocenters. The van der Waals surface area contributed by atoms with Gasteiger partial charge in [-0.2, -0.15) is 0 Å². The van der Waals surface area contributed by atoms with Gasteiger partial charge < -0.3 is 20.3 Å². The van der Waals surface area contributed by atoms with Gasteiger partial charge in [-0.3, -0.25) is 4.99 Å². The molecule has 134 valence electrons. The second kappa shape index (κ2) is 9.04. The summed E-state index contributed by atoms with van der Waals surface area (Å²) in [5.41, 5.74) is 1.29. The highest BCUT2D eigenvalue weighted by atomic mass is 16.5. The fourth-order valence-electron chi connectivity index (χ4n) is 3.01. The largest absolute Gasteiger partial charge is 0.373 e. The Morgan fingerprint density at radius 1 is 1.29 bits per heavy atom. The van der Waals surface area contributed by atoms with Crippen molar-refractivity contribution >= 4 is 5.96 Å². The maximum Gasteiger partial charge on any atom is 0.191 e. The summed E-state index contributed by atoms with van der Waals surface area (Å²) in [7, 11) is 6.06. The minimum atomic E-state index is -0.0669. The Morgan fingerprint density at radius 2 is 2.04 bits per heavy atom. The predicted molar refractivity (Wildman–Crippen MR) is 101 cm³/mol. The molecule has 0 aliphatic carbocycles. The van der Waals surface area contributed by atoms with E-state index < -0.39 is 0 Å². The van der Waals surface area contributed by atoms with Crippen LogP contribution in [0.1, 0.15) is 25.3 Å². The molecule has 5 nitrogen and oxygen atoms in total. The zero-order valence-electron chi connectivity index (χ0n) is 15.5. The molecular weight excluding hydrogens is 300 g/mol. The Kier molecular flexibility index (Phi) is 7.06. The van der Waals surface area contributed by atoms with Gasteiger partial charge in [0.25, 0.3) is 0 Å². The molecule has 0 spiro atoms. The van der Waals surface area contributed by atoms with Gasteiger partial charge in [0.2, 0.25) is 0 Å². The molecule has 1 heterocycles. The molecule has 2 N–H and O–H groups in total. The van der Waals surface area contributed by atoms with Gasteiger partial charge in [0, 0.05) is 32.8 Å². The summed E-state index contributed by atoms with van der Waals surface area (Å²) in [5, 5.41) is 6.86. The molecule has 0 radical (unpaired) electrons. The number of likely N-dealkylation sites (N-methyl/N-ethyl adjacent to an activating group) is 1. The summed E-state index contributed by atoms with van der Waals surface area (Å²) in [6.45, 7) is 4.67. The Labute approximate surface area is 146 Å². The lowest BCUT2D eigenvalue weighted by atomic mass is 10.0. The molecule has 1 aromatic carbocycles. The summed E-state index contributed by atoms with van der Waals surface area (Å²) in [5.74, 6) is 0.839. The molecule has 2 atom stereocenters. The van der Waals surface area contributed by atoms with Crippen molar-refractivity contribution in [3.63, 3.8) is 0 Å². The van der Waals surface area contributed by atoms with Crippen LogP contribution in [0.2, 0.25) is 0 Å². The van der Waals surface area contributed by atoms with Crippen molar-refractivity contribution in [1.82, 2.24) is 15.5 Å². The van der Waals surface area contributed by atoms with E-state index >= 15 is 0 Å². The van der Waals surface area contributed by atoms with Crippen LogP contribution in [0.25, 0.3) is 0 Å². The van der Waals surface area contributed by atoms with Crippen molar-refractivity contribution in [2.24, 2.45) is 4.99 Å². The van der Waals surface area contributed by atoms with Crippen LogP contribution in [0.3, 0.4) is 0 Å². The lowest BCUT2D eigenvalue weighted by molar-refractivity contribution is 0.0242. The monoisotopic (exact) mass is 332 g/mol. The van der Waals surface area contributed by atoms with Crippen LogP contribution in [0.15, 0.2) is 35.3 Å². The number of guanidine groups is 1. The van der Waals surface area contributed by atoms with E-state index in [1.54, 1.807) is 0 Å². The summed E-state index contributed by atoms with van der Waals surface area (Å²) < 4.78 is 5.82. The lowest BCUT2D eigenvalue weighted by Gasteiger charge is -2.27. The Hall–Kier alpha value is -1.59. The Morgan fingerprint density at radius 3 is 2.62 bits per heavy atom. The van der Waals surface area contributed by atoms with E-state index in [0.29, 0.717) is 6.04 Å². The molecule has 24 heavy (non-hydrogen) atoms. The van der Waals surface area contributed by atoms with Crippen LogP contribution in [0, 0.1) is 0 Å². The number of rotatable bonds is 7. The number of nitrogens with one attached hydrogen (secondary N) is 2. The molecule has 0 bridgehead atoms. The minimum absolute atomic E-state index is 0.0669. The van der Waals surface area contributed by atoms with Gasteiger partial charge in [-0.05, 0) is 45.8 Å². The van der Waals surface area contributed by atoms with Crippen LogP contribution < -0.4 is 10.6 Å². The molecule has 0 aromatic heterocycles. The zero-order valence-corrected chi connectivity index (χ0v) is 15.5. The van der Waals surface area contributed by atoms with Gasteiger partial charge in [0.05, 0.1) is 5.60 Å². The molecule has 1 aliphatic rings. The van der Waals surface area contributed by atoms with E-state index in [9.17, 15) is 0 Å². The van der Waals surface area contributed by atoms with E-state index in [1.807, 2.05) is 7.05 Å². The van der Waals surface area contributed by atoms with E-state index in [0.717, 1.165) is 44.9 Å². The standard InChI is InChI=1S/C19H32N4O/c1-19(11-8-12-24-19)15-22-18(20-2)21-14-17(23(3)4)13-16-9-6-5-7-10-16/h5-7,9-10,17H,8,11-15H2,1-4H3,(H2,20,21,22). The Bertz CT molecular complexity index is 509. The lowest BCUT2D eigenvalue weighted by Crippen LogP contribution is -2.49. The first-order valence-corrected chi connectivity index (χ1v) is 8.81. The highest BCUT2D eigenvalue weighted by Gasteiger charge is 2.29. The van der Waals surface area contributed by atoms with Crippen LogP contribution in [0.5, 0.6) is 0 Å². The second-order valence-corrected chi connectivity index (χ2v) is 7.02. The number of ether oxygens (including phenoxy) is 1. The predicted octanol–water partition coefficient (Wildman–Crippen LogP) is 1.89. The van der Waals surface area contributed by atoms with Gasteiger partial charge in [-0.15, -0.1) is 0 Å². The molecule has 1 fully saturated rings. The maximum absolute atomic E-state index is 5.82. The fourth-order valence-corrected chi connectivity index (χ4v) is 3.01. The molecular formula is C19H32N4O. The third kappa shape index (κ3) is 5.80. The zero-order chi connectivity index (χ0) is 17.4. The van der Waals surface area contributed by atoms with Crippen LogP contribution in [-0.4, -0.2) is 63.3 Å². The van der Waals surface area contributed by atoms with Crippen molar-refractivity contribution in [1.29, 1.82) is 0 Å². The molecule has 5 heteroatoms. The second-order valence-electron chi connectivity index (χ2n) is 7.02. The van der Waals surface area contributed by atoms with Gasteiger partial charge >= 0.3 is 0 Å². The quantitative estimate of drug-likeness (QED) is 0.591. The molecule has 2 rings (SSSR count). The fraction of sp³-hybridized carbons (Fsp3) is 0.632. The average molecular weight is 332 g/mol. The SMILES string of the molecule is CN=C(NCC(Cc1ccccc1)N(C)C)NCC1(C)CCCO1. The van der Waals surface area contributed by atoms with Crippen molar-refractivity contribution in [3.8, 4) is 0 Å². The highest BCUT2D eigenvalue weighted by Crippen LogP contribution is 2.23. The number of hydrogen-bond acceptors (Lipinski definition) is 3. The van der Waals surface area contributed by atoms with E-state index in [-0.39, 0.29) is 5.60 Å². The first-order chi connectivity index (χ1) is 11.5. The number of benzene rings is 1. The van der Waals surface area contributed by atoms with Crippen molar-refractivity contribution in [2.75, 3.05) is 40.8 Å². The topological polar surface area (TPSA) is 48.9 Å². The van der Waals surface area contributed by atoms with Crippen molar-refractivity contribution in [3.05, 3.63) is 35.9 Å². The summed E-state index contributed by atoms with van der Waals surface area (Å²) in [4.78, 5) is 6.60. The van der Waals surface area contributed by atoms with Gasteiger partial charge in [-0.1, -0.05) is 30.3 Å². The summed E-state index contributed by atoms with van der Waals surface area (Å²) >= 11 is 0. The van der Waals surface area contributed by atoms with Crippen LogP contribution >= 0.6 is 0 Å². The molecule has 0 amide bonds. The molecule has 0 saturated carbocycles. The van der Waals surface area contributed by atoms with E-state index in [1.165, 1.54) is 5.56 Å². The Balaban J connectivity index is 1.83. The van der Waals surface area contributed by atoms with Crippen LogP contribution in [-0.2, 0) is 11.2 Å². The third-order valence-electron chi connectivity index (χ3n) is 4.70. The first kappa shape index (κ1) is 18.7. The number of hydrogen-bond donors (Lipinski definition) is 2. The summed E-state index contributed by atoms with van der Waals surface area (Å²) in [6.07, 6.45) is 3.26. The number of aliphatic imine (C=N–C) groups is 1. The average Bonchev–Trinajstić information content (AvgIpc) is 3.01. The van der Waals surface area contributed by atoms with Crippen molar-refractivity contribution in [2.45, 2.75) is 37.8 Å². The maximum atomic E-state index is 5.82. The first-order valence-electron chi connectivity index (χ1n) is 8.81. The van der Waals surface area contributed by atoms with Crippen molar-refractivity contribution < 1.29 is 4.74 Å². The molecule has 1 aromatic rings. The third-order valence-corrected chi connectivity index (χ3v) is 4.70. The number of nitrogens with zero attached hydrogens (tertiary/aromatic N) is 2. The van der Waals surface area contributed by atoms with Gasteiger partial charge in [0.1, 0.15) is 0 Å². The van der Waals surface area contributed by atoms with E-state index in [4.69, 9.17) is 4.74 Å². The normalized spacial score (nSPS) is 22.6. The van der Waals surface area contributed by atoms with Gasteiger partial charge in [-0.25, -0.2) is 0 Å². The smallest absolute Gasteiger partial charge is 0.191 e.